The zero-order valence-electron chi connectivity index (χ0n) is 9.88. The van der Waals surface area contributed by atoms with Crippen molar-refractivity contribution in [3.8, 4) is 0 Å². The Balaban J connectivity index is 1.61. The van der Waals surface area contributed by atoms with Crippen LogP contribution in [-0.4, -0.2) is 35.2 Å². The van der Waals surface area contributed by atoms with Gasteiger partial charge in [-0.2, -0.15) is 0 Å². The fourth-order valence-electron chi connectivity index (χ4n) is 3.10. The lowest BCUT2D eigenvalue weighted by atomic mass is 9.96. The van der Waals surface area contributed by atoms with Crippen LogP contribution in [0.15, 0.2) is 0 Å². The van der Waals surface area contributed by atoms with Crippen molar-refractivity contribution >= 4 is 0 Å². The van der Waals surface area contributed by atoms with E-state index in [1.54, 1.807) is 0 Å². The van der Waals surface area contributed by atoms with Gasteiger partial charge in [-0.1, -0.05) is 19.3 Å². The van der Waals surface area contributed by atoms with Gasteiger partial charge in [0, 0.05) is 0 Å². The fourth-order valence-corrected chi connectivity index (χ4v) is 3.10. The highest BCUT2D eigenvalue weighted by atomic mass is 16.3. The highest BCUT2D eigenvalue weighted by Gasteiger charge is 2.30. The molecular formula is C13H25NO. The quantitative estimate of drug-likeness (QED) is 0.772. The third kappa shape index (κ3) is 3.46. The molecule has 0 radical (unpaired) electrons. The molecule has 1 heterocycles. The molecule has 0 amide bonds. The number of hydrogen-bond acceptors (Lipinski definition) is 2. The molecular weight excluding hydrogens is 186 g/mol. The topological polar surface area (TPSA) is 23.5 Å². The molecule has 88 valence electrons. The van der Waals surface area contributed by atoms with Crippen molar-refractivity contribution in [1.82, 2.24) is 4.90 Å². The molecule has 15 heavy (non-hydrogen) atoms. The maximum absolute atomic E-state index is 10.2. The fraction of sp³-hybridized carbons (Fsp3) is 1.00. The molecule has 2 rings (SSSR count). The summed E-state index contributed by atoms with van der Waals surface area (Å²) in [4.78, 5) is 2.57. The van der Waals surface area contributed by atoms with Crippen LogP contribution in [0.2, 0.25) is 0 Å². The van der Waals surface area contributed by atoms with E-state index in [2.05, 4.69) is 4.90 Å². The van der Waals surface area contributed by atoms with Crippen LogP contribution in [0, 0.1) is 0 Å². The Bertz CT molecular complexity index is 181. The molecule has 2 aliphatic rings. The lowest BCUT2D eigenvalue weighted by Gasteiger charge is -2.28. The second-order valence-electron chi connectivity index (χ2n) is 5.44. The predicted octanol–water partition coefficient (Wildman–Crippen LogP) is 2.56. The number of aliphatic hydroxyl groups is 1. The Morgan fingerprint density at radius 1 is 0.933 bits per heavy atom. The van der Waals surface area contributed by atoms with Gasteiger partial charge in [0.05, 0.1) is 5.60 Å². The zero-order chi connectivity index (χ0) is 10.6. The van der Waals surface area contributed by atoms with Gasteiger partial charge < -0.3 is 10.0 Å². The van der Waals surface area contributed by atoms with E-state index in [1.807, 2.05) is 0 Å². The molecule has 0 bridgehead atoms. The van der Waals surface area contributed by atoms with Crippen LogP contribution in [0.25, 0.3) is 0 Å². The van der Waals surface area contributed by atoms with Gasteiger partial charge in [-0.05, 0) is 58.2 Å². The summed E-state index contributed by atoms with van der Waals surface area (Å²) in [6, 6.07) is 0. The zero-order valence-corrected chi connectivity index (χ0v) is 9.88. The Kier molecular flexibility index (Phi) is 4.04. The summed E-state index contributed by atoms with van der Waals surface area (Å²) in [6.45, 7) is 3.79. The van der Waals surface area contributed by atoms with Gasteiger partial charge in [0.1, 0.15) is 0 Å². The average Bonchev–Trinajstić information content (AvgIpc) is 2.67. The van der Waals surface area contributed by atoms with E-state index in [-0.39, 0.29) is 5.60 Å². The molecule has 0 aromatic rings. The Labute approximate surface area is 93.7 Å². The van der Waals surface area contributed by atoms with Gasteiger partial charge in [-0.25, -0.2) is 0 Å². The second-order valence-corrected chi connectivity index (χ2v) is 5.44. The van der Waals surface area contributed by atoms with E-state index in [9.17, 15) is 5.11 Å². The number of likely N-dealkylation sites (tertiary alicyclic amines) is 1. The van der Waals surface area contributed by atoms with Gasteiger partial charge in [-0.15, -0.1) is 0 Å². The van der Waals surface area contributed by atoms with Crippen LogP contribution >= 0.6 is 0 Å². The van der Waals surface area contributed by atoms with E-state index in [0.29, 0.717) is 0 Å². The largest absolute Gasteiger partial charge is 0.390 e. The van der Waals surface area contributed by atoms with Crippen LogP contribution in [-0.2, 0) is 0 Å². The summed E-state index contributed by atoms with van der Waals surface area (Å²) >= 11 is 0. The normalized spacial score (nSPS) is 27.0. The van der Waals surface area contributed by atoms with Crippen molar-refractivity contribution < 1.29 is 5.11 Å². The molecule has 1 N–H and O–H groups in total. The third-order valence-corrected chi connectivity index (χ3v) is 4.10. The Morgan fingerprint density at radius 2 is 1.60 bits per heavy atom. The molecule has 0 atom stereocenters. The molecule has 0 aromatic heterocycles. The van der Waals surface area contributed by atoms with Crippen molar-refractivity contribution in [2.75, 3.05) is 19.6 Å². The van der Waals surface area contributed by atoms with Gasteiger partial charge in [0.25, 0.3) is 0 Å². The summed E-state index contributed by atoms with van der Waals surface area (Å²) < 4.78 is 0. The van der Waals surface area contributed by atoms with E-state index < -0.39 is 0 Å². The molecule has 2 fully saturated rings. The maximum atomic E-state index is 10.2. The first-order valence-electron chi connectivity index (χ1n) is 6.73. The Hall–Kier alpha value is -0.0800. The Morgan fingerprint density at radius 3 is 2.27 bits per heavy atom. The van der Waals surface area contributed by atoms with Crippen LogP contribution in [0.5, 0.6) is 0 Å². The second kappa shape index (κ2) is 5.31. The SMILES string of the molecule is OC1(CCCN2CCCCC2)CCCC1. The number of nitrogens with zero attached hydrogens (tertiary/aromatic N) is 1. The highest BCUT2D eigenvalue weighted by molar-refractivity contribution is 4.84. The van der Waals surface area contributed by atoms with Crippen molar-refractivity contribution in [3.63, 3.8) is 0 Å². The van der Waals surface area contributed by atoms with E-state index in [1.165, 1.54) is 58.2 Å². The highest BCUT2D eigenvalue weighted by Crippen LogP contribution is 2.33. The molecule has 0 spiro atoms. The number of piperidine rings is 1. The van der Waals surface area contributed by atoms with Crippen LogP contribution < -0.4 is 0 Å². The van der Waals surface area contributed by atoms with E-state index >= 15 is 0 Å². The molecule has 1 aliphatic heterocycles. The first-order chi connectivity index (χ1) is 7.29. The lowest BCUT2D eigenvalue weighted by molar-refractivity contribution is 0.0333. The van der Waals surface area contributed by atoms with Gasteiger partial charge in [0.15, 0.2) is 0 Å². The number of hydrogen-bond donors (Lipinski definition) is 1. The third-order valence-electron chi connectivity index (χ3n) is 4.10. The molecule has 1 saturated heterocycles. The minimum atomic E-state index is -0.282. The van der Waals surface area contributed by atoms with Gasteiger partial charge >= 0.3 is 0 Å². The summed E-state index contributed by atoms with van der Waals surface area (Å²) in [7, 11) is 0. The monoisotopic (exact) mass is 211 g/mol. The summed E-state index contributed by atoms with van der Waals surface area (Å²) in [5, 5.41) is 10.2. The van der Waals surface area contributed by atoms with Crippen molar-refractivity contribution in [1.29, 1.82) is 0 Å². The van der Waals surface area contributed by atoms with Crippen LogP contribution in [0.3, 0.4) is 0 Å². The van der Waals surface area contributed by atoms with E-state index in [0.717, 1.165) is 19.3 Å². The summed E-state index contributed by atoms with van der Waals surface area (Å²) in [5.41, 5.74) is -0.282. The molecule has 1 aliphatic carbocycles. The van der Waals surface area contributed by atoms with Crippen molar-refractivity contribution in [3.05, 3.63) is 0 Å². The minimum Gasteiger partial charge on any atom is -0.390 e. The predicted molar refractivity (Wildman–Crippen MR) is 62.9 cm³/mol. The average molecular weight is 211 g/mol. The number of rotatable bonds is 4. The summed E-state index contributed by atoms with van der Waals surface area (Å²) in [6.07, 6.45) is 11.0. The molecule has 0 aromatic carbocycles. The smallest absolute Gasteiger partial charge is 0.0648 e. The molecule has 2 nitrogen and oxygen atoms in total. The minimum absolute atomic E-state index is 0.282. The molecule has 2 heteroatoms. The molecule has 1 saturated carbocycles. The van der Waals surface area contributed by atoms with Crippen LogP contribution in [0.4, 0.5) is 0 Å². The van der Waals surface area contributed by atoms with Crippen molar-refractivity contribution in [2.24, 2.45) is 0 Å². The van der Waals surface area contributed by atoms with Crippen LogP contribution in [0.1, 0.15) is 57.8 Å². The first kappa shape index (κ1) is 11.4. The summed E-state index contributed by atoms with van der Waals surface area (Å²) in [5.74, 6) is 0. The molecule has 0 unspecified atom stereocenters. The van der Waals surface area contributed by atoms with Crippen molar-refractivity contribution in [2.45, 2.75) is 63.4 Å². The van der Waals surface area contributed by atoms with Gasteiger partial charge in [0.2, 0.25) is 0 Å². The standard InChI is InChI=1S/C13H25NO/c15-13(7-2-3-8-13)9-6-12-14-10-4-1-5-11-14/h15H,1-12H2. The lowest BCUT2D eigenvalue weighted by Crippen LogP contribution is -2.32. The first-order valence-corrected chi connectivity index (χ1v) is 6.73. The maximum Gasteiger partial charge on any atom is 0.0648 e. The van der Waals surface area contributed by atoms with E-state index in [4.69, 9.17) is 0 Å². The van der Waals surface area contributed by atoms with Gasteiger partial charge in [-0.3, -0.25) is 0 Å².